The Morgan fingerprint density at radius 2 is 2.11 bits per heavy atom. The average Bonchev–Trinajstić information content (AvgIpc) is 3.32. The number of carbonyl (C=O) groups is 1. The molecule has 27 heavy (non-hydrogen) atoms. The summed E-state index contributed by atoms with van der Waals surface area (Å²) in [4.78, 5) is 22.6. The molecule has 0 radical (unpaired) electrons. The molecule has 3 heterocycles. The van der Waals surface area contributed by atoms with E-state index in [1.165, 1.54) is 6.33 Å². The number of amides is 1. The van der Waals surface area contributed by atoms with Crippen molar-refractivity contribution < 1.29 is 9.90 Å². The van der Waals surface area contributed by atoms with E-state index in [-0.39, 0.29) is 5.82 Å². The number of nitrogens with one attached hydrogen (secondary N) is 1. The number of aliphatic hydroxyl groups excluding tert-OH is 1. The third-order valence-corrected chi connectivity index (χ3v) is 4.69. The Morgan fingerprint density at radius 3 is 2.93 bits per heavy atom. The molecule has 0 bridgehead atoms. The number of likely N-dealkylation sites (N-methyl/N-ethyl adjacent to an activating group) is 1. The van der Waals surface area contributed by atoms with Crippen LogP contribution in [-0.2, 0) is 13.1 Å². The van der Waals surface area contributed by atoms with Crippen LogP contribution in [0.15, 0.2) is 49.1 Å². The highest BCUT2D eigenvalue weighted by Gasteiger charge is 2.31. The van der Waals surface area contributed by atoms with Crippen LogP contribution in [0, 0.1) is 0 Å². The van der Waals surface area contributed by atoms with Crippen LogP contribution in [0.25, 0.3) is 0 Å². The van der Waals surface area contributed by atoms with Crippen molar-refractivity contribution in [2.24, 2.45) is 0 Å². The van der Waals surface area contributed by atoms with Crippen LogP contribution >= 0.6 is 0 Å². The lowest BCUT2D eigenvalue weighted by Crippen LogP contribution is -2.50. The SMILES string of the molecule is CN1c2nccn2CC[C@H](NC(=O)c2ncn(Cc3ccccc3)n2)C1O. The lowest BCUT2D eigenvalue weighted by atomic mass is 10.1. The van der Waals surface area contributed by atoms with Gasteiger partial charge in [0.15, 0.2) is 0 Å². The molecule has 0 aliphatic carbocycles. The van der Waals surface area contributed by atoms with Crippen molar-refractivity contribution in [3.63, 3.8) is 0 Å². The number of aliphatic hydroxyl groups is 1. The highest BCUT2D eigenvalue weighted by molar-refractivity contribution is 5.90. The first-order chi connectivity index (χ1) is 13.1. The van der Waals surface area contributed by atoms with Gasteiger partial charge >= 0.3 is 0 Å². The number of carbonyl (C=O) groups excluding carboxylic acids is 1. The fraction of sp³-hybridized carbons (Fsp3) is 0.333. The Balaban J connectivity index is 1.43. The van der Waals surface area contributed by atoms with Crippen molar-refractivity contribution in [2.45, 2.75) is 31.8 Å². The first-order valence-corrected chi connectivity index (χ1v) is 8.78. The lowest BCUT2D eigenvalue weighted by Gasteiger charge is -2.28. The third-order valence-electron chi connectivity index (χ3n) is 4.69. The van der Waals surface area contributed by atoms with Crippen LogP contribution in [0.4, 0.5) is 5.95 Å². The first-order valence-electron chi connectivity index (χ1n) is 8.78. The van der Waals surface area contributed by atoms with Crippen LogP contribution in [0.3, 0.4) is 0 Å². The maximum Gasteiger partial charge on any atom is 0.291 e. The Hall–Kier alpha value is -3.20. The van der Waals surface area contributed by atoms with Crippen molar-refractivity contribution in [1.82, 2.24) is 29.6 Å². The molecule has 140 valence electrons. The average molecular weight is 367 g/mol. The van der Waals surface area contributed by atoms with E-state index >= 15 is 0 Å². The summed E-state index contributed by atoms with van der Waals surface area (Å²) in [6.45, 7) is 1.19. The molecular weight excluding hydrogens is 346 g/mol. The first kappa shape index (κ1) is 17.2. The van der Waals surface area contributed by atoms with Gasteiger partial charge in [-0.15, -0.1) is 5.10 Å². The summed E-state index contributed by atoms with van der Waals surface area (Å²) in [5.41, 5.74) is 1.07. The van der Waals surface area contributed by atoms with Gasteiger partial charge < -0.3 is 19.9 Å². The second-order valence-corrected chi connectivity index (χ2v) is 6.57. The predicted octanol–water partition coefficient (Wildman–Crippen LogP) is 0.480. The third kappa shape index (κ3) is 3.54. The minimum atomic E-state index is -0.885. The number of fused-ring (bicyclic) bond motifs is 1. The Bertz CT molecular complexity index is 921. The van der Waals surface area contributed by atoms with Gasteiger partial charge in [-0.2, -0.15) is 0 Å². The fourth-order valence-corrected chi connectivity index (χ4v) is 3.23. The van der Waals surface area contributed by atoms with Gasteiger partial charge in [0.2, 0.25) is 11.8 Å². The van der Waals surface area contributed by atoms with Gasteiger partial charge in [0.1, 0.15) is 12.6 Å². The number of hydrogen-bond acceptors (Lipinski definition) is 6. The topological polar surface area (TPSA) is 101 Å². The van der Waals surface area contributed by atoms with Gasteiger partial charge in [0, 0.05) is 26.0 Å². The number of aryl methyl sites for hydroxylation is 1. The monoisotopic (exact) mass is 367 g/mol. The van der Waals surface area contributed by atoms with Crippen molar-refractivity contribution in [3.8, 4) is 0 Å². The van der Waals surface area contributed by atoms with Crippen molar-refractivity contribution in [1.29, 1.82) is 0 Å². The van der Waals surface area contributed by atoms with Gasteiger partial charge in [0.25, 0.3) is 5.91 Å². The summed E-state index contributed by atoms with van der Waals surface area (Å²) in [5, 5.41) is 17.7. The van der Waals surface area contributed by atoms with E-state index in [9.17, 15) is 9.90 Å². The van der Waals surface area contributed by atoms with Gasteiger partial charge in [-0.05, 0) is 12.0 Å². The summed E-state index contributed by atoms with van der Waals surface area (Å²) in [5.74, 6) is 0.353. The van der Waals surface area contributed by atoms with E-state index in [4.69, 9.17) is 0 Å². The van der Waals surface area contributed by atoms with E-state index in [1.54, 1.807) is 22.8 Å². The largest absolute Gasteiger partial charge is 0.371 e. The molecule has 2 aromatic heterocycles. The lowest BCUT2D eigenvalue weighted by molar-refractivity contribution is 0.0818. The molecule has 1 aliphatic heterocycles. The maximum absolute atomic E-state index is 12.6. The zero-order valence-electron chi connectivity index (χ0n) is 14.9. The molecule has 1 unspecified atom stereocenters. The minimum absolute atomic E-state index is 0.0859. The summed E-state index contributed by atoms with van der Waals surface area (Å²) < 4.78 is 3.57. The number of aromatic nitrogens is 5. The highest BCUT2D eigenvalue weighted by Crippen LogP contribution is 2.20. The van der Waals surface area contributed by atoms with Crippen LogP contribution in [-0.4, -0.2) is 54.6 Å². The van der Waals surface area contributed by atoms with Gasteiger partial charge in [-0.3, -0.25) is 4.79 Å². The molecule has 2 atom stereocenters. The van der Waals surface area contributed by atoms with Gasteiger partial charge in [0.05, 0.1) is 12.6 Å². The zero-order chi connectivity index (χ0) is 18.8. The molecule has 9 heteroatoms. The number of anilines is 1. The van der Waals surface area contributed by atoms with Gasteiger partial charge in [-0.1, -0.05) is 30.3 Å². The summed E-state index contributed by atoms with van der Waals surface area (Å²) in [6, 6.07) is 9.38. The number of nitrogens with zero attached hydrogens (tertiary/aromatic N) is 6. The van der Waals surface area contributed by atoms with Crippen LogP contribution in [0.5, 0.6) is 0 Å². The summed E-state index contributed by atoms with van der Waals surface area (Å²) in [6.07, 6.45) is 4.78. The van der Waals surface area contributed by atoms with E-state index in [0.29, 0.717) is 25.5 Å². The second kappa shape index (κ2) is 7.20. The Kier molecular flexibility index (Phi) is 4.59. The minimum Gasteiger partial charge on any atom is -0.371 e. The molecule has 1 aromatic carbocycles. The maximum atomic E-state index is 12.6. The molecule has 0 saturated heterocycles. The summed E-state index contributed by atoms with van der Waals surface area (Å²) in [7, 11) is 1.75. The number of rotatable bonds is 4. The molecule has 2 N–H and O–H groups in total. The molecule has 9 nitrogen and oxygen atoms in total. The Labute approximate surface area is 156 Å². The van der Waals surface area contributed by atoms with Crippen LogP contribution in [0.1, 0.15) is 22.6 Å². The van der Waals surface area contributed by atoms with Crippen LogP contribution in [0.2, 0.25) is 0 Å². The van der Waals surface area contributed by atoms with Gasteiger partial charge in [-0.25, -0.2) is 14.6 Å². The van der Waals surface area contributed by atoms with E-state index in [2.05, 4.69) is 20.4 Å². The zero-order valence-corrected chi connectivity index (χ0v) is 14.9. The second-order valence-electron chi connectivity index (χ2n) is 6.57. The standard InChI is InChI=1S/C18H21N7O2/c1-23-17(27)14(7-9-24-10-8-19-18(23)24)21-16(26)15-20-12-25(22-15)11-13-5-3-2-4-6-13/h2-6,8,10,12,14,17,27H,7,9,11H2,1H3,(H,21,26)/t14-,17?/m0/s1. The normalized spacial score (nSPS) is 19.4. The van der Waals surface area contributed by atoms with Crippen LogP contribution < -0.4 is 10.2 Å². The molecule has 0 spiro atoms. The Morgan fingerprint density at radius 1 is 1.30 bits per heavy atom. The summed E-state index contributed by atoms with van der Waals surface area (Å²) >= 11 is 0. The van der Waals surface area contributed by atoms with E-state index in [0.717, 1.165) is 5.56 Å². The number of benzene rings is 1. The predicted molar refractivity (Wildman–Crippen MR) is 98.1 cm³/mol. The molecule has 4 rings (SSSR count). The smallest absolute Gasteiger partial charge is 0.291 e. The molecule has 1 amide bonds. The quantitative estimate of drug-likeness (QED) is 0.696. The molecule has 0 fully saturated rings. The van der Waals surface area contributed by atoms with Crippen molar-refractivity contribution >= 4 is 11.9 Å². The molecule has 1 aliphatic rings. The number of hydrogen-bond donors (Lipinski definition) is 2. The molecular formula is C18H21N7O2. The van der Waals surface area contributed by atoms with Crippen molar-refractivity contribution in [2.75, 3.05) is 11.9 Å². The van der Waals surface area contributed by atoms with E-state index in [1.807, 2.05) is 41.1 Å². The fourth-order valence-electron chi connectivity index (χ4n) is 3.23. The highest BCUT2D eigenvalue weighted by atomic mass is 16.3. The molecule has 3 aromatic rings. The van der Waals surface area contributed by atoms with E-state index < -0.39 is 18.2 Å². The molecule has 0 saturated carbocycles. The number of imidazole rings is 1. The van der Waals surface area contributed by atoms with Crippen molar-refractivity contribution in [3.05, 3.63) is 60.4 Å².